The lowest BCUT2D eigenvalue weighted by Gasteiger charge is -2.53. The maximum absolute atomic E-state index is 3.69. The maximum Gasteiger partial charge on any atom is 0.0130 e. The molecule has 2 unspecified atom stereocenters. The standard InChI is InChI=1S/C17H27N/c1-6-9-18-16-11-15(17(16,4)5)14-8-7-12(2)10-13(14)3/h7-8,10,15-16,18H,6,9,11H2,1-5H3. The molecule has 1 fully saturated rings. The molecule has 0 aliphatic heterocycles. The third-order valence-electron chi connectivity index (χ3n) is 4.71. The fraction of sp³-hybridized carbons (Fsp3) is 0.647. The van der Waals surface area contributed by atoms with Crippen molar-refractivity contribution in [3.05, 3.63) is 34.9 Å². The molecule has 2 atom stereocenters. The van der Waals surface area contributed by atoms with E-state index in [2.05, 4.69) is 58.1 Å². The molecule has 1 nitrogen and oxygen atoms in total. The number of benzene rings is 1. The molecule has 18 heavy (non-hydrogen) atoms. The van der Waals surface area contributed by atoms with E-state index in [9.17, 15) is 0 Å². The molecule has 1 saturated carbocycles. The SMILES string of the molecule is CCCNC1CC(c2ccc(C)cc2C)C1(C)C. The minimum Gasteiger partial charge on any atom is -0.313 e. The van der Waals surface area contributed by atoms with E-state index in [-0.39, 0.29) is 0 Å². The molecule has 0 aromatic heterocycles. The first-order chi connectivity index (χ1) is 8.46. The van der Waals surface area contributed by atoms with Gasteiger partial charge in [-0.3, -0.25) is 0 Å². The summed E-state index contributed by atoms with van der Waals surface area (Å²) in [6.07, 6.45) is 2.51. The van der Waals surface area contributed by atoms with E-state index in [1.54, 1.807) is 5.56 Å². The second-order valence-electron chi connectivity index (χ2n) is 6.48. The van der Waals surface area contributed by atoms with Crippen LogP contribution in [0.1, 0.15) is 56.2 Å². The Hall–Kier alpha value is -0.820. The normalized spacial score (nSPS) is 25.8. The van der Waals surface area contributed by atoms with Crippen LogP contribution in [0.25, 0.3) is 0 Å². The molecule has 1 aromatic rings. The minimum absolute atomic E-state index is 0.384. The summed E-state index contributed by atoms with van der Waals surface area (Å²) in [6, 6.07) is 7.60. The molecule has 1 N–H and O–H groups in total. The Bertz CT molecular complexity index is 420. The quantitative estimate of drug-likeness (QED) is 0.839. The van der Waals surface area contributed by atoms with Gasteiger partial charge in [-0.25, -0.2) is 0 Å². The fourth-order valence-corrected chi connectivity index (χ4v) is 3.33. The van der Waals surface area contributed by atoms with Gasteiger partial charge in [-0.05, 0) is 55.7 Å². The summed E-state index contributed by atoms with van der Waals surface area (Å²) in [4.78, 5) is 0. The van der Waals surface area contributed by atoms with Gasteiger partial charge in [0.05, 0.1) is 0 Å². The molecule has 1 aliphatic carbocycles. The first-order valence-corrected chi connectivity index (χ1v) is 7.27. The predicted molar refractivity (Wildman–Crippen MR) is 79.1 cm³/mol. The van der Waals surface area contributed by atoms with Crippen LogP contribution in [0.5, 0.6) is 0 Å². The van der Waals surface area contributed by atoms with Crippen molar-refractivity contribution < 1.29 is 0 Å². The minimum atomic E-state index is 0.384. The summed E-state index contributed by atoms with van der Waals surface area (Å²) in [7, 11) is 0. The topological polar surface area (TPSA) is 12.0 Å². The Morgan fingerprint density at radius 3 is 2.56 bits per heavy atom. The Kier molecular flexibility index (Phi) is 3.82. The fourth-order valence-electron chi connectivity index (χ4n) is 3.33. The van der Waals surface area contributed by atoms with Crippen LogP contribution in [-0.4, -0.2) is 12.6 Å². The Morgan fingerprint density at radius 2 is 2.00 bits per heavy atom. The highest BCUT2D eigenvalue weighted by molar-refractivity contribution is 5.37. The van der Waals surface area contributed by atoms with Crippen molar-refractivity contribution in [2.75, 3.05) is 6.54 Å². The summed E-state index contributed by atoms with van der Waals surface area (Å²) in [5.74, 6) is 0.715. The summed E-state index contributed by atoms with van der Waals surface area (Å²) in [5.41, 5.74) is 4.77. The van der Waals surface area contributed by atoms with Crippen molar-refractivity contribution in [2.24, 2.45) is 5.41 Å². The van der Waals surface area contributed by atoms with Crippen molar-refractivity contribution >= 4 is 0 Å². The Balaban J connectivity index is 2.12. The van der Waals surface area contributed by atoms with Gasteiger partial charge < -0.3 is 5.32 Å². The molecule has 0 spiro atoms. The van der Waals surface area contributed by atoms with Gasteiger partial charge in [0.25, 0.3) is 0 Å². The van der Waals surface area contributed by atoms with Crippen LogP contribution in [-0.2, 0) is 0 Å². The van der Waals surface area contributed by atoms with Crippen molar-refractivity contribution in [2.45, 2.75) is 59.4 Å². The highest BCUT2D eigenvalue weighted by atomic mass is 15.0. The van der Waals surface area contributed by atoms with Crippen LogP contribution < -0.4 is 5.32 Å². The highest BCUT2D eigenvalue weighted by Crippen LogP contribution is 2.53. The predicted octanol–water partition coefficient (Wildman–Crippen LogP) is 4.19. The third kappa shape index (κ3) is 2.33. The second kappa shape index (κ2) is 5.05. The number of aryl methyl sites for hydroxylation is 2. The molecule has 1 aromatic carbocycles. The Labute approximate surface area is 112 Å². The van der Waals surface area contributed by atoms with Gasteiger partial charge in [0.1, 0.15) is 0 Å². The third-order valence-corrected chi connectivity index (χ3v) is 4.71. The second-order valence-corrected chi connectivity index (χ2v) is 6.48. The average Bonchev–Trinajstić information content (AvgIpc) is 2.30. The van der Waals surface area contributed by atoms with Crippen LogP contribution in [0.4, 0.5) is 0 Å². The maximum atomic E-state index is 3.69. The molecule has 0 saturated heterocycles. The van der Waals surface area contributed by atoms with E-state index < -0.39 is 0 Å². The average molecular weight is 245 g/mol. The van der Waals surface area contributed by atoms with Gasteiger partial charge in [-0.2, -0.15) is 0 Å². The highest BCUT2D eigenvalue weighted by Gasteiger charge is 2.48. The van der Waals surface area contributed by atoms with E-state index in [1.165, 1.54) is 24.0 Å². The van der Waals surface area contributed by atoms with Crippen LogP contribution >= 0.6 is 0 Å². The van der Waals surface area contributed by atoms with Gasteiger partial charge >= 0.3 is 0 Å². The molecule has 1 heteroatoms. The number of hydrogen-bond donors (Lipinski definition) is 1. The molecule has 0 heterocycles. The van der Waals surface area contributed by atoms with Crippen LogP contribution in [0.3, 0.4) is 0 Å². The van der Waals surface area contributed by atoms with Gasteiger partial charge in [0.15, 0.2) is 0 Å². The van der Waals surface area contributed by atoms with Gasteiger partial charge in [-0.1, -0.05) is 44.5 Å². The molecule has 1 aliphatic rings. The van der Waals surface area contributed by atoms with E-state index >= 15 is 0 Å². The number of nitrogens with one attached hydrogen (secondary N) is 1. The molecule has 100 valence electrons. The van der Waals surface area contributed by atoms with E-state index in [1.807, 2.05) is 0 Å². The van der Waals surface area contributed by atoms with Crippen LogP contribution in [0, 0.1) is 19.3 Å². The number of hydrogen-bond acceptors (Lipinski definition) is 1. The molecule has 0 radical (unpaired) electrons. The lowest BCUT2D eigenvalue weighted by Crippen LogP contribution is -2.55. The van der Waals surface area contributed by atoms with Gasteiger partial charge in [0, 0.05) is 6.04 Å². The molecule has 2 rings (SSSR count). The van der Waals surface area contributed by atoms with Gasteiger partial charge in [0.2, 0.25) is 0 Å². The van der Waals surface area contributed by atoms with Crippen molar-refractivity contribution in [1.29, 1.82) is 0 Å². The molecule has 0 amide bonds. The largest absolute Gasteiger partial charge is 0.313 e. The zero-order valence-electron chi connectivity index (χ0n) is 12.5. The lowest BCUT2D eigenvalue weighted by molar-refractivity contribution is 0.0691. The van der Waals surface area contributed by atoms with E-state index in [0.29, 0.717) is 17.4 Å². The summed E-state index contributed by atoms with van der Waals surface area (Å²) in [6.45, 7) is 12.6. The summed E-state index contributed by atoms with van der Waals surface area (Å²) < 4.78 is 0. The van der Waals surface area contributed by atoms with Crippen molar-refractivity contribution in [1.82, 2.24) is 5.32 Å². The first kappa shape index (κ1) is 13.6. The summed E-state index contributed by atoms with van der Waals surface area (Å²) in [5, 5.41) is 3.69. The zero-order valence-corrected chi connectivity index (χ0v) is 12.5. The molecule has 0 bridgehead atoms. The molecular weight excluding hydrogens is 218 g/mol. The van der Waals surface area contributed by atoms with E-state index in [4.69, 9.17) is 0 Å². The Morgan fingerprint density at radius 1 is 1.28 bits per heavy atom. The van der Waals surface area contributed by atoms with Crippen molar-refractivity contribution in [3.8, 4) is 0 Å². The van der Waals surface area contributed by atoms with Crippen LogP contribution in [0.2, 0.25) is 0 Å². The molecular formula is C17H27N. The van der Waals surface area contributed by atoms with Crippen molar-refractivity contribution in [3.63, 3.8) is 0 Å². The summed E-state index contributed by atoms with van der Waals surface area (Å²) >= 11 is 0. The zero-order chi connectivity index (χ0) is 13.3. The lowest BCUT2D eigenvalue weighted by atomic mass is 9.56. The number of rotatable bonds is 4. The van der Waals surface area contributed by atoms with E-state index in [0.717, 1.165) is 6.54 Å². The first-order valence-electron chi connectivity index (χ1n) is 7.27. The monoisotopic (exact) mass is 245 g/mol. The smallest absolute Gasteiger partial charge is 0.0130 e. The van der Waals surface area contributed by atoms with Crippen LogP contribution in [0.15, 0.2) is 18.2 Å². The van der Waals surface area contributed by atoms with Gasteiger partial charge in [-0.15, -0.1) is 0 Å².